The molecule has 5 nitrogen and oxygen atoms in total. The lowest BCUT2D eigenvalue weighted by Crippen LogP contribution is -2.21. The number of anilines is 1. The molecule has 0 aliphatic carbocycles. The van der Waals surface area contributed by atoms with Gasteiger partial charge in [0.1, 0.15) is 11.9 Å². The summed E-state index contributed by atoms with van der Waals surface area (Å²) in [6, 6.07) is 4.95. The number of rotatable bonds is 6. The molecule has 0 aliphatic rings. The van der Waals surface area contributed by atoms with Crippen molar-refractivity contribution in [2.24, 2.45) is 5.73 Å². The monoisotopic (exact) mass is 238 g/mol. The van der Waals surface area contributed by atoms with Crippen molar-refractivity contribution in [2.45, 2.75) is 20.0 Å². The van der Waals surface area contributed by atoms with Crippen LogP contribution in [0.3, 0.4) is 0 Å². The van der Waals surface area contributed by atoms with Crippen molar-refractivity contribution in [3.8, 4) is 5.75 Å². The van der Waals surface area contributed by atoms with Gasteiger partial charge in [-0.2, -0.15) is 0 Å². The summed E-state index contributed by atoms with van der Waals surface area (Å²) in [6.07, 6.45) is -0.139. The standard InChI is InChI=1S/C12H18N2O3/c1-3-16-7-8(2)17-10-6-4-5-9(11(10)13)12(14)15/h4-6,8H,3,7,13H2,1-2H3,(H2,14,15). The molecular formula is C12H18N2O3. The van der Waals surface area contributed by atoms with Crippen LogP contribution in [0.4, 0.5) is 5.69 Å². The van der Waals surface area contributed by atoms with Crippen LogP contribution in [-0.2, 0) is 4.74 Å². The zero-order chi connectivity index (χ0) is 12.8. The number of nitrogens with two attached hydrogens (primary N) is 2. The van der Waals surface area contributed by atoms with Crippen LogP contribution in [0, 0.1) is 0 Å². The van der Waals surface area contributed by atoms with E-state index in [1.165, 1.54) is 0 Å². The molecule has 0 aromatic heterocycles. The minimum absolute atomic E-state index is 0.139. The number of primary amides is 1. The fourth-order valence-electron chi connectivity index (χ4n) is 1.40. The molecule has 1 aromatic carbocycles. The van der Waals surface area contributed by atoms with Crippen LogP contribution in [0.5, 0.6) is 5.75 Å². The molecular weight excluding hydrogens is 220 g/mol. The van der Waals surface area contributed by atoms with Crippen molar-refractivity contribution >= 4 is 11.6 Å². The Hall–Kier alpha value is -1.75. The molecule has 0 heterocycles. The Balaban J connectivity index is 2.77. The number of carbonyl (C=O) groups excluding carboxylic acids is 1. The van der Waals surface area contributed by atoms with Gasteiger partial charge in [0.2, 0.25) is 0 Å². The summed E-state index contributed by atoms with van der Waals surface area (Å²) in [5.41, 5.74) is 11.5. The van der Waals surface area contributed by atoms with Gasteiger partial charge in [0.25, 0.3) is 5.91 Å². The van der Waals surface area contributed by atoms with Gasteiger partial charge in [0.15, 0.2) is 0 Å². The van der Waals surface area contributed by atoms with Crippen LogP contribution in [0.1, 0.15) is 24.2 Å². The molecule has 1 amide bonds. The molecule has 4 N–H and O–H groups in total. The smallest absolute Gasteiger partial charge is 0.250 e. The molecule has 1 aromatic rings. The third-order valence-electron chi connectivity index (χ3n) is 2.22. The summed E-state index contributed by atoms with van der Waals surface area (Å²) in [6.45, 7) is 4.88. The number of ether oxygens (including phenoxy) is 2. The fraction of sp³-hybridized carbons (Fsp3) is 0.417. The van der Waals surface area contributed by atoms with Gasteiger partial charge in [-0.1, -0.05) is 6.07 Å². The minimum Gasteiger partial charge on any atom is -0.486 e. The first-order valence-corrected chi connectivity index (χ1v) is 5.49. The molecule has 1 unspecified atom stereocenters. The highest BCUT2D eigenvalue weighted by atomic mass is 16.5. The summed E-state index contributed by atoms with van der Waals surface area (Å²) >= 11 is 0. The highest BCUT2D eigenvalue weighted by Gasteiger charge is 2.12. The minimum atomic E-state index is -0.564. The van der Waals surface area contributed by atoms with Crippen LogP contribution in [0.2, 0.25) is 0 Å². The van der Waals surface area contributed by atoms with Crippen molar-refractivity contribution in [3.63, 3.8) is 0 Å². The second kappa shape index (κ2) is 6.10. The molecule has 0 saturated heterocycles. The molecule has 0 aliphatic heterocycles. The van der Waals surface area contributed by atoms with E-state index >= 15 is 0 Å². The van der Waals surface area contributed by atoms with E-state index in [-0.39, 0.29) is 17.4 Å². The van der Waals surface area contributed by atoms with Gasteiger partial charge in [0.05, 0.1) is 17.9 Å². The lowest BCUT2D eigenvalue weighted by atomic mass is 10.1. The summed E-state index contributed by atoms with van der Waals surface area (Å²) < 4.78 is 10.8. The number of hydrogen-bond donors (Lipinski definition) is 2. The van der Waals surface area contributed by atoms with Gasteiger partial charge >= 0.3 is 0 Å². The average Bonchev–Trinajstić information content (AvgIpc) is 2.28. The predicted molar refractivity (Wildman–Crippen MR) is 66.0 cm³/mol. The number of carbonyl (C=O) groups is 1. The third-order valence-corrected chi connectivity index (χ3v) is 2.22. The van der Waals surface area contributed by atoms with E-state index in [2.05, 4.69) is 0 Å². The maximum Gasteiger partial charge on any atom is 0.250 e. The Labute approximate surface area is 101 Å². The van der Waals surface area contributed by atoms with Crippen molar-refractivity contribution in [3.05, 3.63) is 23.8 Å². The highest BCUT2D eigenvalue weighted by molar-refractivity contribution is 5.99. The topological polar surface area (TPSA) is 87.6 Å². The van der Waals surface area contributed by atoms with Gasteiger partial charge in [-0.15, -0.1) is 0 Å². The molecule has 0 fully saturated rings. The molecule has 17 heavy (non-hydrogen) atoms. The Bertz CT molecular complexity index is 393. The molecule has 1 rings (SSSR count). The Morgan fingerprint density at radius 3 is 2.76 bits per heavy atom. The maximum absolute atomic E-state index is 11.1. The quantitative estimate of drug-likeness (QED) is 0.728. The zero-order valence-electron chi connectivity index (χ0n) is 10.1. The molecule has 1 atom stereocenters. The van der Waals surface area contributed by atoms with Crippen LogP contribution >= 0.6 is 0 Å². The summed E-state index contributed by atoms with van der Waals surface area (Å²) in [4.78, 5) is 11.1. The van der Waals surface area contributed by atoms with E-state index in [4.69, 9.17) is 20.9 Å². The molecule has 0 saturated carbocycles. The normalized spacial score (nSPS) is 12.1. The van der Waals surface area contributed by atoms with Crippen LogP contribution in [-0.4, -0.2) is 25.2 Å². The van der Waals surface area contributed by atoms with E-state index in [0.29, 0.717) is 19.0 Å². The first-order chi connectivity index (χ1) is 8.06. The second-order valence-electron chi connectivity index (χ2n) is 3.67. The lowest BCUT2D eigenvalue weighted by molar-refractivity contribution is 0.0660. The zero-order valence-corrected chi connectivity index (χ0v) is 10.1. The van der Waals surface area contributed by atoms with Crippen molar-refractivity contribution in [1.29, 1.82) is 0 Å². The highest BCUT2D eigenvalue weighted by Crippen LogP contribution is 2.25. The number of nitrogen functional groups attached to an aromatic ring is 1. The van der Waals surface area contributed by atoms with Gasteiger partial charge < -0.3 is 20.9 Å². The molecule has 0 bridgehead atoms. The van der Waals surface area contributed by atoms with Crippen LogP contribution in [0.15, 0.2) is 18.2 Å². The van der Waals surface area contributed by atoms with Crippen molar-refractivity contribution in [2.75, 3.05) is 18.9 Å². The van der Waals surface area contributed by atoms with Crippen molar-refractivity contribution < 1.29 is 14.3 Å². The van der Waals surface area contributed by atoms with Crippen molar-refractivity contribution in [1.82, 2.24) is 0 Å². The Morgan fingerprint density at radius 1 is 1.47 bits per heavy atom. The summed E-state index contributed by atoms with van der Waals surface area (Å²) in [7, 11) is 0. The maximum atomic E-state index is 11.1. The lowest BCUT2D eigenvalue weighted by Gasteiger charge is -2.16. The largest absolute Gasteiger partial charge is 0.486 e. The number of para-hydroxylation sites is 1. The molecule has 0 radical (unpaired) electrons. The second-order valence-corrected chi connectivity index (χ2v) is 3.67. The average molecular weight is 238 g/mol. The van der Waals surface area contributed by atoms with Gasteiger partial charge in [-0.25, -0.2) is 0 Å². The van der Waals surface area contributed by atoms with E-state index in [9.17, 15) is 4.79 Å². The van der Waals surface area contributed by atoms with Crippen LogP contribution in [0.25, 0.3) is 0 Å². The van der Waals surface area contributed by atoms with Gasteiger partial charge in [-0.05, 0) is 26.0 Å². The molecule has 94 valence electrons. The van der Waals surface area contributed by atoms with Crippen LogP contribution < -0.4 is 16.2 Å². The van der Waals surface area contributed by atoms with E-state index in [1.807, 2.05) is 13.8 Å². The summed E-state index contributed by atoms with van der Waals surface area (Å²) in [5.74, 6) is -0.112. The number of amides is 1. The Morgan fingerprint density at radius 2 is 2.18 bits per heavy atom. The Kier molecular flexibility index (Phi) is 4.78. The number of hydrogen-bond acceptors (Lipinski definition) is 4. The van der Waals surface area contributed by atoms with Gasteiger partial charge in [0, 0.05) is 6.61 Å². The SMILES string of the molecule is CCOCC(C)Oc1cccc(C(N)=O)c1N. The molecule has 0 spiro atoms. The van der Waals surface area contributed by atoms with E-state index in [0.717, 1.165) is 0 Å². The number of benzene rings is 1. The first-order valence-electron chi connectivity index (χ1n) is 5.49. The molecule has 5 heteroatoms. The summed E-state index contributed by atoms with van der Waals surface area (Å²) in [5, 5.41) is 0. The van der Waals surface area contributed by atoms with E-state index in [1.54, 1.807) is 18.2 Å². The van der Waals surface area contributed by atoms with E-state index < -0.39 is 5.91 Å². The fourth-order valence-corrected chi connectivity index (χ4v) is 1.40. The van der Waals surface area contributed by atoms with Gasteiger partial charge in [-0.3, -0.25) is 4.79 Å². The predicted octanol–water partition coefficient (Wildman–Crippen LogP) is 1.17. The third kappa shape index (κ3) is 3.64. The first kappa shape index (κ1) is 13.3.